The Morgan fingerprint density at radius 2 is 1.71 bits per heavy atom. The first-order valence-corrected chi connectivity index (χ1v) is 11.1. The molecule has 0 unspecified atom stereocenters. The van der Waals surface area contributed by atoms with Crippen LogP contribution in [0.3, 0.4) is 0 Å². The molecule has 0 spiro atoms. The molecule has 0 aliphatic heterocycles. The Morgan fingerprint density at radius 3 is 2.45 bits per heavy atom. The molecule has 4 aromatic rings. The number of anilines is 1. The summed E-state index contributed by atoms with van der Waals surface area (Å²) in [6.45, 7) is 2.18. The number of nitrogens with zero attached hydrogens (tertiary/aromatic N) is 1. The van der Waals surface area contributed by atoms with E-state index in [2.05, 4.69) is 24.4 Å². The Bertz CT molecular complexity index is 1240. The van der Waals surface area contributed by atoms with Crippen molar-refractivity contribution in [3.05, 3.63) is 94.0 Å². The lowest BCUT2D eigenvalue weighted by Crippen LogP contribution is -2.13. The lowest BCUT2D eigenvalue weighted by Gasteiger charge is -2.11. The van der Waals surface area contributed by atoms with Crippen molar-refractivity contribution in [1.29, 1.82) is 0 Å². The smallest absolute Gasteiger partial charge is 0.256 e. The number of unbranched alkanes of at least 4 members (excludes halogenated alkanes) is 1. The minimum absolute atomic E-state index is 0.179. The summed E-state index contributed by atoms with van der Waals surface area (Å²) in [7, 11) is 0. The van der Waals surface area contributed by atoms with Gasteiger partial charge in [-0.1, -0.05) is 72.9 Å². The Labute approximate surface area is 192 Å². The highest BCUT2D eigenvalue weighted by molar-refractivity contribution is 6.42. The maximum atomic E-state index is 13.2. The van der Waals surface area contributed by atoms with Crippen LogP contribution in [0.2, 0.25) is 10.0 Å². The third-order valence-corrected chi connectivity index (χ3v) is 5.95. The predicted molar refractivity (Wildman–Crippen MR) is 130 cm³/mol. The number of amides is 1. The van der Waals surface area contributed by atoms with Crippen molar-refractivity contribution in [3.8, 4) is 11.3 Å². The Kier molecular flexibility index (Phi) is 6.55. The number of para-hydroxylation sites is 1. The Morgan fingerprint density at radius 1 is 0.935 bits per heavy atom. The van der Waals surface area contributed by atoms with Gasteiger partial charge in [0.05, 0.1) is 26.8 Å². The first kappa shape index (κ1) is 21.4. The van der Waals surface area contributed by atoms with E-state index >= 15 is 0 Å². The van der Waals surface area contributed by atoms with Crippen molar-refractivity contribution < 1.29 is 4.79 Å². The fraction of sp³-hybridized carbons (Fsp3) is 0.154. The van der Waals surface area contributed by atoms with Crippen molar-refractivity contribution >= 4 is 45.7 Å². The standard InChI is InChI=1S/C26H22Cl2N2O/c1-2-3-6-17-9-12-19(13-10-17)29-26(31)21-16-25(18-11-14-22(27)23(28)15-18)30-24-8-5-4-7-20(21)24/h4-5,7-16H,2-3,6H2,1H3,(H,29,31). The molecule has 1 N–H and O–H groups in total. The van der Waals surface area contributed by atoms with Crippen molar-refractivity contribution in [2.75, 3.05) is 5.32 Å². The highest BCUT2D eigenvalue weighted by Crippen LogP contribution is 2.30. The SMILES string of the molecule is CCCCc1ccc(NC(=O)c2cc(-c3ccc(Cl)c(Cl)c3)nc3ccccc23)cc1. The number of carbonyl (C=O) groups is 1. The van der Waals surface area contributed by atoms with E-state index in [1.807, 2.05) is 42.5 Å². The molecule has 0 saturated carbocycles. The summed E-state index contributed by atoms with van der Waals surface area (Å²) in [4.78, 5) is 17.9. The second-order valence-electron chi connectivity index (χ2n) is 7.46. The number of rotatable bonds is 6. The van der Waals surface area contributed by atoms with E-state index in [1.165, 1.54) is 5.56 Å². The molecule has 1 aromatic heterocycles. The van der Waals surface area contributed by atoms with Gasteiger partial charge in [0, 0.05) is 16.6 Å². The molecule has 0 atom stereocenters. The highest BCUT2D eigenvalue weighted by Gasteiger charge is 2.15. The first-order valence-electron chi connectivity index (χ1n) is 10.3. The quantitative estimate of drug-likeness (QED) is 0.326. The average molecular weight is 449 g/mol. The molecule has 0 saturated heterocycles. The van der Waals surface area contributed by atoms with Gasteiger partial charge >= 0.3 is 0 Å². The van der Waals surface area contributed by atoms with Gasteiger partial charge in [-0.25, -0.2) is 4.98 Å². The van der Waals surface area contributed by atoms with Crippen molar-refractivity contribution in [3.63, 3.8) is 0 Å². The first-order chi connectivity index (χ1) is 15.0. The molecule has 0 fully saturated rings. The van der Waals surface area contributed by atoms with Crippen LogP contribution in [0.25, 0.3) is 22.2 Å². The third-order valence-electron chi connectivity index (χ3n) is 5.21. The van der Waals surface area contributed by atoms with Crippen LogP contribution in [0, 0.1) is 0 Å². The molecule has 1 heterocycles. The summed E-state index contributed by atoms with van der Waals surface area (Å²) in [5.74, 6) is -0.179. The van der Waals surface area contributed by atoms with Crippen LogP contribution in [0.5, 0.6) is 0 Å². The van der Waals surface area contributed by atoms with Gasteiger partial charge in [0.15, 0.2) is 0 Å². The van der Waals surface area contributed by atoms with Crippen molar-refractivity contribution in [2.45, 2.75) is 26.2 Å². The fourth-order valence-corrected chi connectivity index (χ4v) is 3.80. The van der Waals surface area contributed by atoms with Crippen LogP contribution in [0.15, 0.2) is 72.8 Å². The number of fused-ring (bicyclic) bond motifs is 1. The fourth-order valence-electron chi connectivity index (χ4n) is 3.50. The zero-order valence-electron chi connectivity index (χ0n) is 17.2. The predicted octanol–water partition coefficient (Wildman–Crippen LogP) is 7.80. The number of hydrogen-bond acceptors (Lipinski definition) is 2. The van der Waals surface area contributed by atoms with Gasteiger partial charge in [-0.2, -0.15) is 0 Å². The molecule has 0 aliphatic carbocycles. The summed E-state index contributed by atoms with van der Waals surface area (Å²) in [6.07, 6.45) is 3.37. The zero-order valence-corrected chi connectivity index (χ0v) is 18.7. The van der Waals surface area contributed by atoms with Gasteiger partial charge in [-0.3, -0.25) is 4.79 Å². The number of nitrogens with one attached hydrogen (secondary N) is 1. The number of benzene rings is 3. The second kappa shape index (κ2) is 9.51. The molecular formula is C26H22Cl2N2O. The van der Waals surface area contributed by atoms with Gasteiger partial charge in [-0.15, -0.1) is 0 Å². The Hall–Kier alpha value is -2.88. The van der Waals surface area contributed by atoms with E-state index in [1.54, 1.807) is 18.2 Å². The van der Waals surface area contributed by atoms with Crippen LogP contribution in [0.1, 0.15) is 35.7 Å². The van der Waals surface area contributed by atoms with Crippen LogP contribution in [-0.2, 0) is 6.42 Å². The summed E-state index contributed by atoms with van der Waals surface area (Å²) in [6, 6.07) is 22.8. The summed E-state index contributed by atoms with van der Waals surface area (Å²) >= 11 is 12.3. The molecule has 1 amide bonds. The van der Waals surface area contributed by atoms with Crippen molar-refractivity contribution in [2.24, 2.45) is 0 Å². The average Bonchev–Trinajstić information content (AvgIpc) is 2.79. The lowest BCUT2D eigenvalue weighted by molar-refractivity contribution is 0.102. The molecule has 3 nitrogen and oxygen atoms in total. The van der Waals surface area contributed by atoms with Gasteiger partial charge in [0.25, 0.3) is 5.91 Å². The number of aromatic nitrogens is 1. The molecular weight excluding hydrogens is 427 g/mol. The van der Waals surface area contributed by atoms with E-state index in [0.29, 0.717) is 21.3 Å². The molecule has 0 bridgehead atoms. The van der Waals surface area contributed by atoms with E-state index in [0.717, 1.165) is 41.4 Å². The molecule has 5 heteroatoms. The number of pyridine rings is 1. The number of halogens is 2. The normalized spacial score (nSPS) is 10.9. The summed E-state index contributed by atoms with van der Waals surface area (Å²) in [5.41, 5.74) is 4.80. The highest BCUT2D eigenvalue weighted by atomic mass is 35.5. The summed E-state index contributed by atoms with van der Waals surface area (Å²) in [5, 5.41) is 4.74. The monoisotopic (exact) mass is 448 g/mol. The molecule has 31 heavy (non-hydrogen) atoms. The van der Waals surface area contributed by atoms with Crippen LogP contribution < -0.4 is 5.32 Å². The maximum Gasteiger partial charge on any atom is 0.256 e. The molecule has 3 aromatic carbocycles. The Balaban J connectivity index is 1.68. The minimum Gasteiger partial charge on any atom is -0.322 e. The van der Waals surface area contributed by atoms with E-state index in [9.17, 15) is 4.79 Å². The maximum absolute atomic E-state index is 13.2. The van der Waals surface area contributed by atoms with Crippen LogP contribution >= 0.6 is 23.2 Å². The topological polar surface area (TPSA) is 42.0 Å². The van der Waals surface area contributed by atoms with Gasteiger partial charge in [0.2, 0.25) is 0 Å². The molecule has 4 rings (SSSR count). The van der Waals surface area contributed by atoms with Crippen LogP contribution in [0.4, 0.5) is 5.69 Å². The molecule has 0 radical (unpaired) electrons. The second-order valence-corrected chi connectivity index (χ2v) is 8.27. The number of aryl methyl sites for hydroxylation is 1. The van der Waals surface area contributed by atoms with Crippen molar-refractivity contribution in [1.82, 2.24) is 4.98 Å². The van der Waals surface area contributed by atoms with E-state index < -0.39 is 0 Å². The lowest BCUT2D eigenvalue weighted by atomic mass is 10.0. The number of carbonyl (C=O) groups excluding carboxylic acids is 1. The molecule has 156 valence electrons. The summed E-state index contributed by atoms with van der Waals surface area (Å²) < 4.78 is 0. The van der Waals surface area contributed by atoms with E-state index in [4.69, 9.17) is 28.2 Å². The third kappa shape index (κ3) is 4.90. The molecule has 0 aliphatic rings. The number of hydrogen-bond donors (Lipinski definition) is 1. The van der Waals surface area contributed by atoms with Gasteiger partial charge in [-0.05, 0) is 54.8 Å². The van der Waals surface area contributed by atoms with E-state index in [-0.39, 0.29) is 5.91 Å². The zero-order chi connectivity index (χ0) is 21.8. The minimum atomic E-state index is -0.179. The van der Waals surface area contributed by atoms with Gasteiger partial charge < -0.3 is 5.32 Å². The largest absolute Gasteiger partial charge is 0.322 e. The van der Waals surface area contributed by atoms with Gasteiger partial charge in [0.1, 0.15) is 0 Å². The van der Waals surface area contributed by atoms with Crippen LogP contribution in [-0.4, -0.2) is 10.9 Å².